The van der Waals surface area contributed by atoms with Crippen molar-refractivity contribution >= 4 is 11.9 Å². The topological polar surface area (TPSA) is 61.8 Å². The number of hydrogen-bond acceptors (Lipinski definition) is 6. The minimum absolute atomic E-state index is 0.211. The molecule has 0 aromatic carbocycles. The Hall–Kier alpha value is -1.73. The van der Waals surface area contributed by atoms with E-state index in [1.807, 2.05) is 11.0 Å². The lowest BCUT2D eigenvalue weighted by atomic mass is 10.2. The van der Waals surface area contributed by atoms with Crippen molar-refractivity contribution in [3.8, 4) is 0 Å². The number of carbonyl (C=O) groups excluding carboxylic acids is 1. The van der Waals surface area contributed by atoms with Gasteiger partial charge in [-0.05, 0) is 13.0 Å². The highest BCUT2D eigenvalue weighted by molar-refractivity contribution is 5.78. The average molecular weight is 305 g/mol. The Morgan fingerprint density at radius 3 is 2.64 bits per heavy atom. The third-order valence-electron chi connectivity index (χ3n) is 4.31. The predicted octanol–water partition coefficient (Wildman–Crippen LogP) is -0.154. The van der Waals surface area contributed by atoms with Crippen molar-refractivity contribution in [2.24, 2.45) is 0 Å². The first-order chi connectivity index (χ1) is 10.7. The average Bonchev–Trinajstić information content (AvgIpc) is 2.58. The zero-order chi connectivity index (χ0) is 15.4. The summed E-state index contributed by atoms with van der Waals surface area (Å²) in [6.45, 7) is 7.91. The van der Waals surface area contributed by atoms with Gasteiger partial charge in [-0.1, -0.05) is 0 Å². The lowest BCUT2D eigenvalue weighted by Crippen LogP contribution is -2.54. The van der Waals surface area contributed by atoms with Crippen LogP contribution in [0.4, 0.5) is 5.95 Å². The molecule has 0 spiro atoms. The van der Waals surface area contributed by atoms with Gasteiger partial charge in [0, 0.05) is 51.2 Å². The molecule has 7 heteroatoms. The molecule has 0 aliphatic carbocycles. The van der Waals surface area contributed by atoms with Gasteiger partial charge >= 0.3 is 0 Å². The quantitative estimate of drug-likeness (QED) is 0.774. The van der Waals surface area contributed by atoms with Gasteiger partial charge in [0.25, 0.3) is 0 Å². The predicted molar refractivity (Wildman–Crippen MR) is 82.7 cm³/mol. The first kappa shape index (κ1) is 15.2. The van der Waals surface area contributed by atoms with Crippen LogP contribution in [0.3, 0.4) is 0 Å². The molecule has 0 radical (unpaired) electrons. The highest BCUT2D eigenvalue weighted by atomic mass is 16.5. The molecule has 0 unspecified atom stereocenters. The second-order valence-electron chi connectivity index (χ2n) is 5.81. The molecule has 1 amide bonds. The van der Waals surface area contributed by atoms with Crippen molar-refractivity contribution in [1.29, 1.82) is 0 Å². The molecule has 120 valence electrons. The summed E-state index contributed by atoms with van der Waals surface area (Å²) in [7, 11) is 0. The van der Waals surface area contributed by atoms with E-state index in [0.29, 0.717) is 19.2 Å². The zero-order valence-electron chi connectivity index (χ0n) is 13.0. The molecule has 1 aromatic rings. The van der Waals surface area contributed by atoms with Crippen molar-refractivity contribution < 1.29 is 9.53 Å². The Morgan fingerprint density at radius 1 is 1.23 bits per heavy atom. The maximum atomic E-state index is 12.4. The van der Waals surface area contributed by atoms with E-state index in [9.17, 15) is 4.79 Å². The number of amides is 1. The van der Waals surface area contributed by atoms with E-state index in [-0.39, 0.29) is 5.91 Å². The SMILES string of the molecule is C[C@H]1COCCN1CC(=O)N1CCN(c2ncccn2)CC1. The van der Waals surface area contributed by atoms with Crippen LogP contribution in [0.1, 0.15) is 6.92 Å². The van der Waals surface area contributed by atoms with Crippen LogP contribution in [-0.2, 0) is 9.53 Å². The fourth-order valence-electron chi connectivity index (χ4n) is 2.88. The number of piperazine rings is 1. The van der Waals surface area contributed by atoms with Gasteiger partial charge in [0.1, 0.15) is 0 Å². The number of hydrogen-bond donors (Lipinski definition) is 0. The lowest BCUT2D eigenvalue weighted by Gasteiger charge is -2.37. The van der Waals surface area contributed by atoms with Crippen LogP contribution >= 0.6 is 0 Å². The minimum atomic E-state index is 0.211. The normalized spacial score (nSPS) is 23.6. The molecule has 1 atom stereocenters. The number of anilines is 1. The molecule has 2 fully saturated rings. The smallest absolute Gasteiger partial charge is 0.236 e. The third kappa shape index (κ3) is 3.53. The summed E-state index contributed by atoms with van der Waals surface area (Å²) >= 11 is 0. The molecule has 7 nitrogen and oxygen atoms in total. The van der Waals surface area contributed by atoms with Gasteiger partial charge in [-0.3, -0.25) is 9.69 Å². The van der Waals surface area contributed by atoms with Crippen LogP contribution in [-0.4, -0.2) is 84.2 Å². The first-order valence-corrected chi connectivity index (χ1v) is 7.85. The minimum Gasteiger partial charge on any atom is -0.379 e. The molecule has 2 aliphatic rings. The Bertz CT molecular complexity index is 490. The molecule has 0 bridgehead atoms. The molecule has 3 rings (SSSR count). The molecule has 1 aromatic heterocycles. The zero-order valence-corrected chi connectivity index (χ0v) is 13.0. The van der Waals surface area contributed by atoms with E-state index < -0.39 is 0 Å². The van der Waals surface area contributed by atoms with Gasteiger partial charge < -0.3 is 14.5 Å². The monoisotopic (exact) mass is 305 g/mol. The van der Waals surface area contributed by atoms with Crippen molar-refractivity contribution in [3.63, 3.8) is 0 Å². The van der Waals surface area contributed by atoms with Gasteiger partial charge in [-0.2, -0.15) is 0 Å². The summed E-state index contributed by atoms with van der Waals surface area (Å²) in [5.74, 6) is 0.957. The Morgan fingerprint density at radius 2 is 1.95 bits per heavy atom. The summed E-state index contributed by atoms with van der Waals surface area (Å²) in [6.07, 6.45) is 3.50. The van der Waals surface area contributed by atoms with Crippen LogP contribution in [0.25, 0.3) is 0 Å². The molecular weight excluding hydrogens is 282 g/mol. The van der Waals surface area contributed by atoms with Gasteiger partial charge in [0.15, 0.2) is 0 Å². The molecular formula is C15H23N5O2. The number of aromatic nitrogens is 2. The fourth-order valence-corrected chi connectivity index (χ4v) is 2.88. The van der Waals surface area contributed by atoms with Gasteiger partial charge in [-0.15, -0.1) is 0 Å². The number of carbonyl (C=O) groups is 1. The van der Waals surface area contributed by atoms with E-state index in [4.69, 9.17) is 4.74 Å². The first-order valence-electron chi connectivity index (χ1n) is 7.85. The molecule has 2 aliphatic heterocycles. The number of rotatable bonds is 3. The second-order valence-corrected chi connectivity index (χ2v) is 5.81. The third-order valence-corrected chi connectivity index (χ3v) is 4.31. The number of morpholine rings is 1. The van der Waals surface area contributed by atoms with Crippen LogP contribution in [0.5, 0.6) is 0 Å². The molecule has 2 saturated heterocycles. The number of ether oxygens (including phenoxy) is 1. The summed E-state index contributed by atoms with van der Waals surface area (Å²) in [6, 6.07) is 2.13. The van der Waals surface area contributed by atoms with E-state index in [2.05, 4.69) is 26.7 Å². The van der Waals surface area contributed by atoms with Crippen molar-refractivity contribution in [2.45, 2.75) is 13.0 Å². The maximum absolute atomic E-state index is 12.4. The van der Waals surface area contributed by atoms with Crippen molar-refractivity contribution in [3.05, 3.63) is 18.5 Å². The summed E-state index contributed by atoms with van der Waals surface area (Å²) < 4.78 is 5.41. The van der Waals surface area contributed by atoms with Crippen LogP contribution in [0.15, 0.2) is 18.5 Å². The van der Waals surface area contributed by atoms with Crippen LogP contribution < -0.4 is 4.90 Å². The van der Waals surface area contributed by atoms with Gasteiger partial charge in [0.2, 0.25) is 11.9 Å². The van der Waals surface area contributed by atoms with Crippen molar-refractivity contribution in [2.75, 3.05) is 57.4 Å². The summed E-state index contributed by atoms with van der Waals surface area (Å²) in [5, 5.41) is 0. The Kier molecular flexibility index (Phi) is 4.84. The van der Waals surface area contributed by atoms with Crippen molar-refractivity contribution in [1.82, 2.24) is 19.8 Å². The summed E-state index contributed by atoms with van der Waals surface area (Å²) in [4.78, 5) is 27.3. The van der Waals surface area contributed by atoms with Crippen LogP contribution in [0.2, 0.25) is 0 Å². The second kappa shape index (κ2) is 7.02. The molecule has 0 saturated carbocycles. The largest absolute Gasteiger partial charge is 0.379 e. The molecule has 0 N–H and O–H groups in total. The molecule has 3 heterocycles. The van der Waals surface area contributed by atoms with E-state index in [1.54, 1.807) is 12.4 Å². The van der Waals surface area contributed by atoms with Gasteiger partial charge in [0.05, 0.1) is 19.8 Å². The Balaban J connectivity index is 1.49. The molecule has 22 heavy (non-hydrogen) atoms. The van der Waals surface area contributed by atoms with Crippen LogP contribution in [0, 0.1) is 0 Å². The van der Waals surface area contributed by atoms with E-state index in [1.165, 1.54) is 0 Å². The standard InChI is InChI=1S/C15H23N5O2/c1-13-12-22-10-9-20(13)11-14(21)18-5-7-19(8-6-18)15-16-3-2-4-17-15/h2-4,13H,5-12H2,1H3/t13-/m0/s1. The highest BCUT2D eigenvalue weighted by Gasteiger charge is 2.26. The van der Waals surface area contributed by atoms with Gasteiger partial charge in [-0.25, -0.2) is 9.97 Å². The van der Waals surface area contributed by atoms with E-state index >= 15 is 0 Å². The fraction of sp³-hybridized carbons (Fsp3) is 0.667. The highest BCUT2D eigenvalue weighted by Crippen LogP contribution is 2.11. The number of nitrogens with zero attached hydrogens (tertiary/aromatic N) is 5. The lowest BCUT2D eigenvalue weighted by molar-refractivity contribution is -0.134. The Labute approximate surface area is 130 Å². The van der Waals surface area contributed by atoms with E-state index in [0.717, 1.165) is 45.3 Å². The maximum Gasteiger partial charge on any atom is 0.236 e. The summed E-state index contributed by atoms with van der Waals surface area (Å²) in [5.41, 5.74) is 0.